The SMILES string of the molecule is Cc1ccc(Nc2ncnc(Nc3ccccc3C)c2N)nc1. The van der Waals surface area contributed by atoms with Gasteiger partial charge in [-0.25, -0.2) is 15.0 Å². The van der Waals surface area contributed by atoms with E-state index in [1.165, 1.54) is 6.33 Å². The fraction of sp³-hybridized carbons (Fsp3) is 0.118. The van der Waals surface area contributed by atoms with Crippen LogP contribution in [0.15, 0.2) is 48.9 Å². The third kappa shape index (κ3) is 3.37. The van der Waals surface area contributed by atoms with Crippen LogP contribution in [0.2, 0.25) is 0 Å². The Balaban J connectivity index is 1.86. The number of nitrogen functional groups attached to an aromatic ring is 1. The van der Waals surface area contributed by atoms with Crippen molar-refractivity contribution < 1.29 is 0 Å². The second-order valence-corrected chi connectivity index (χ2v) is 5.27. The van der Waals surface area contributed by atoms with Crippen LogP contribution in [0.4, 0.5) is 28.8 Å². The number of para-hydroxylation sites is 1. The number of hydrogen-bond acceptors (Lipinski definition) is 6. The predicted octanol–water partition coefficient (Wildman–Crippen LogP) is 3.56. The fourth-order valence-electron chi connectivity index (χ4n) is 2.10. The van der Waals surface area contributed by atoms with E-state index in [2.05, 4.69) is 25.6 Å². The van der Waals surface area contributed by atoms with Crippen molar-refractivity contribution in [2.45, 2.75) is 13.8 Å². The minimum absolute atomic E-state index is 0.443. The number of rotatable bonds is 4. The van der Waals surface area contributed by atoms with E-state index in [9.17, 15) is 0 Å². The molecule has 1 aromatic carbocycles. The number of hydrogen-bond donors (Lipinski definition) is 3. The average Bonchev–Trinajstić information content (AvgIpc) is 2.55. The first-order valence-corrected chi connectivity index (χ1v) is 7.26. The van der Waals surface area contributed by atoms with E-state index in [-0.39, 0.29) is 0 Å². The molecule has 0 saturated carbocycles. The Hall–Kier alpha value is -3.15. The highest BCUT2D eigenvalue weighted by atomic mass is 15.1. The largest absolute Gasteiger partial charge is 0.393 e. The molecular formula is C17H18N6. The third-order valence-corrected chi connectivity index (χ3v) is 3.44. The van der Waals surface area contributed by atoms with E-state index in [0.29, 0.717) is 23.1 Å². The van der Waals surface area contributed by atoms with Gasteiger partial charge in [0.05, 0.1) is 0 Å². The lowest BCUT2D eigenvalue weighted by molar-refractivity contribution is 1.16. The average molecular weight is 306 g/mol. The van der Waals surface area contributed by atoms with E-state index in [0.717, 1.165) is 16.8 Å². The fourth-order valence-corrected chi connectivity index (χ4v) is 2.10. The number of aromatic nitrogens is 3. The molecule has 0 aliphatic heterocycles. The highest BCUT2D eigenvalue weighted by molar-refractivity contribution is 5.80. The van der Waals surface area contributed by atoms with Crippen LogP contribution in [-0.4, -0.2) is 15.0 Å². The Morgan fingerprint density at radius 1 is 0.870 bits per heavy atom. The van der Waals surface area contributed by atoms with Gasteiger partial charge in [0, 0.05) is 11.9 Å². The molecule has 6 heteroatoms. The predicted molar refractivity (Wildman–Crippen MR) is 93.2 cm³/mol. The van der Waals surface area contributed by atoms with Gasteiger partial charge in [-0.05, 0) is 37.1 Å². The van der Waals surface area contributed by atoms with Gasteiger partial charge in [0.15, 0.2) is 11.6 Å². The van der Waals surface area contributed by atoms with Crippen LogP contribution in [0.25, 0.3) is 0 Å². The molecule has 0 atom stereocenters. The molecule has 0 bridgehead atoms. The maximum atomic E-state index is 6.18. The molecule has 0 spiro atoms. The number of nitrogens with zero attached hydrogens (tertiary/aromatic N) is 3. The molecule has 0 amide bonds. The Morgan fingerprint density at radius 2 is 1.61 bits per heavy atom. The molecule has 3 aromatic rings. The summed E-state index contributed by atoms with van der Waals surface area (Å²) in [4.78, 5) is 12.7. The van der Waals surface area contributed by atoms with Crippen LogP contribution in [0.3, 0.4) is 0 Å². The standard InChI is InChI=1S/C17H18N6/c1-11-7-8-14(19-9-11)23-17-15(18)16(20-10-21-17)22-13-6-4-3-5-12(13)2/h3-10H,18H2,1-2H3,(H2,19,20,21,22,23). The molecule has 23 heavy (non-hydrogen) atoms. The second kappa shape index (κ2) is 6.31. The topological polar surface area (TPSA) is 88.8 Å². The summed E-state index contributed by atoms with van der Waals surface area (Å²) >= 11 is 0. The van der Waals surface area contributed by atoms with Crippen LogP contribution in [0.1, 0.15) is 11.1 Å². The first-order chi connectivity index (χ1) is 11.1. The molecule has 0 unspecified atom stereocenters. The number of nitrogens with one attached hydrogen (secondary N) is 2. The molecule has 0 aliphatic rings. The summed E-state index contributed by atoms with van der Waals surface area (Å²) in [5.41, 5.74) is 9.78. The molecule has 0 saturated heterocycles. The molecule has 2 heterocycles. The number of nitrogens with two attached hydrogens (primary N) is 1. The summed E-state index contributed by atoms with van der Waals surface area (Å²) in [5, 5.41) is 6.35. The normalized spacial score (nSPS) is 10.3. The maximum Gasteiger partial charge on any atom is 0.160 e. The van der Waals surface area contributed by atoms with Gasteiger partial charge in [-0.1, -0.05) is 24.3 Å². The summed E-state index contributed by atoms with van der Waals surface area (Å²) in [7, 11) is 0. The molecule has 0 fully saturated rings. The lowest BCUT2D eigenvalue weighted by atomic mass is 10.2. The van der Waals surface area contributed by atoms with Crippen molar-refractivity contribution in [3.8, 4) is 0 Å². The highest BCUT2D eigenvalue weighted by Crippen LogP contribution is 2.28. The van der Waals surface area contributed by atoms with Crippen LogP contribution in [0, 0.1) is 13.8 Å². The smallest absolute Gasteiger partial charge is 0.160 e. The first kappa shape index (κ1) is 14.8. The van der Waals surface area contributed by atoms with Crippen LogP contribution in [-0.2, 0) is 0 Å². The summed E-state index contributed by atoms with van der Waals surface area (Å²) in [6.07, 6.45) is 3.25. The van der Waals surface area contributed by atoms with Crippen molar-refractivity contribution in [3.63, 3.8) is 0 Å². The van der Waals surface area contributed by atoms with E-state index in [4.69, 9.17) is 5.73 Å². The highest BCUT2D eigenvalue weighted by Gasteiger charge is 2.10. The van der Waals surface area contributed by atoms with Crippen molar-refractivity contribution in [3.05, 3.63) is 60.0 Å². The van der Waals surface area contributed by atoms with Crippen LogP contribution >= 0.6 is 0 Å². The van der Waals surface area contributed by atoms with Crippen molar-refractivity contribution in [1.29, 1.82) is 0 Å². The van der Waals surface area contributed by atoms with Crippen molar-refractivity contribution in [2.24, 2.45) is 0 Å². The summed E-state index contributed by atoms with van der Waals surface area (Å²) in [6, 6.07) is 11.8. The minimum atomic E-state index is 0.443. The quantitative estimate of drug-likeness (QED) is 0.683. The van der Waals surface area contributed by atoms with Gasteiger partial charge in [0.25, 0.3) is 0 Å². The number of pyridine rings is 1. The van der Waals surface area contributed by atoms with Gasteiger partial charge in [-0.15, -0.1) is 0 Å². The van der Waals surface area contributed by atoms with Gasteiger partial charge in [-0.3, -0.25) is 0 Å². The van der Waals surface area contributed by atoms with Crippen LogP contribution in [0.5, 0.6) is 0 Å². The molecule has 4 N–H and O–H groups in total. The minimum Gasteiger partial charge on any atom is -0.393 e. The van der Waals surface area contributed by atoms with Crippen molar-refractivity contribution in [1.82, 2.24) is 15.0 Å². The molecular weight excluding hydrogens is 288 g/mol. The zero-order chi connectivity index (χ0) is 16.2. The Labute approximate surface area is 134 Å². The molecule has 0 radical (unpaired) electrons. The number of anilines is 5. The first-order valence-electron chi connectivity index (χ1n) is 7.26. The molecule has 3 rings (SSSR count). The van der Waals surface area contributed by atoms with E-state index >= 15 is 0 Å². The monoisotopic (exact) mass is 306 g/mol. The summed E-state index contributed by atoms with van der Waals surface area (Å²) in [6.45, 7) is 4.01. The van der Waals surface area contributed by atoms with Gasteiger partial charge in [-0.2, -0.15) is 0 Å². The van der Waals surface area contributed by atoms with Gasteiger partial charge in [0.2, 0.25) is 0 Å². The molecule has 2 aromatic heterocycles. The van der Waals surface area contributed by atoms with E-state index in [1.807, 2.05) is 50.2 Å². The van der Waals surface area contributed by atoms with Gasteiger partial charge in [0.1, 0.15) is 17.8 Å². The lowest BCUT2D eigenvalue weighted by Gasteiger charge is -2.13. The van der Waals surface area contributed by atoms with Gasteiger partial charge >= 0.3 is 0 Å². The summed E-state index contributed by atoms with van der Waals surface area (Å²) < 4.78 is 0. The lowest BCUT2D eigenvalue weighted by Crippen LogP contribution is -2.06. The zero-order valence-electron chi connectivity index (χ0n) is 13.0. The van der Waals surface area contributed by atoms with Gasteiger partial charge < -0.3 is 16.4 Å². The van der Waals surface area contributed by atoms with E-state index in [1.54, 1.807) is 6.20 Å². The summed E-state index contributed by atoms with van der Waals surface area (Å²) in [5.74, 6) is 1.76. The number of benzene rings is 1. The Bertz CT molecular complexity index is 814. The maximum absolute atomic E-state index is 6.18. The second-order valence-electron chi connectivity index (χ2n) is 5.27. The molecule has 116 valence electrons. The Kier molecular flexibility index (Phi) is 4.05. The number of aryl methyl sites for hydroxylation is 2. The van der Waals surface area contributed by atoms with E-state index < -0.39 is 0 Å². The van der Waals surface area contributed by atoms with Crippen molar-refractivity contribution >= 4 is 28.8 Å². The van der Waals surface area contributed by atoms with Crippen molar-refractivity contribution in [2.75, 3.05) is 16.4 Å². The Morgan fingerprint density at radius 3 is 2.30 bits per heavy atom. The third-order valence-electron chi connectivity index (χ3n) is 3.44. The molecule has 6 nitrogen and oxygen atoms in total. The molecule has 0 aliphatic carbocycles. The van der Waals surface area contributed by atoms with Crippen LogP contribution < -0.4 is 16.4 Å². The zero-order valence-corrected chi connectivity index (χ0v) is 13.0.